The first kappa shape index (κ1) is 12.1. The summed E-state index contributed by atoms with van der Waals surface area (Å²) in [5, 5.41) is 0.705. The van der Waals surface area contributed by atoms with E-state index < -0.39 is 0 Å². The van der Waals surface area contributed by atoms with Crippen LogP contribution in [0.15, 0.2) is 12.1 Å². The molecule has 1 aromatic rings. The molecule has 0 N–H and O–H groups in total. The van der Waals surface area contributed by atoms with Gasteiger partial charge in [0.25, 0.3) is 0 Å². The van der Waals surface area contributed by atoms with E-state index in [0.717, 1.165) is 16.8 Å². The number of halogens is 1. The highest BCUT2D eigenvalue weighted by Gasteiger charge is 2.11. The summed E-state index contributed by atoms with van der Waals surface area (Å²) in [5.74, 6) is 0.133. The summed E-state index contributed by atoms with van der Waals surface area (Å²) in [6.45, 7) is 5.98. The molecule has 0 spiro atoms. The minimum absolute atomic E-state index is 0.133. The molecule has 0 aromatic heterocycles. The number of nitrogens with zero attached hydrogens (tertiary/aromatic N) is 1. The lowest BCUT2D eigenvalue weighted by Gasteiger charge is -2.21. The van der Waals surface area contributed by atoms with Gasteiger partial charge >= 0.3 is 0 Å². The van der Waals surface area contributed by atoms with Crippen molar-refractivity contribution >= 4 is 23.1 Å². The van der Waals surface area contributed by atoms with E-state index in [9.17, 15) is 4.79 Å². The number of ketones is 1. The fourth-order valence-electron chi connectivity index (χ4n) is 1.80. The summed E-state index contributed by atoms with van der Waals surface area (Å²) in [4.78, 5) is 12.9. The van der Waals surface area contributed by atoms with Crippen LogP contribution in [0.1, 0.15) is 18.1 Å². The van der Waals surface area contributed by atoms with Crippen LogP contribution < -0.4 is 4.90 Å². The second-order valence-corrected chi connectivity index (χ2v) is 4.38. The van der Waals surface area contributed by atoms with Gasteiger partial charge in [0.05, 0.1) is 17.3 Å². The van der Waals surface area contributed by atoms with E-state index in [1.165, 1.54) is 0 Å². The molecular weight excluding hydrogens is 210 g/mol. The second-order valence-electron chi connectivity index (χ2n) is 3.97. The van der Waals surface area contributed by atoms with Crippen LogP contribution in [0.3, 0.4) is 0 Å². The van der Waals surface area contributed by atoms with Gasteiger partial charge in [-0.15, -0.1) is 0 Å². The average Bonchev–Trinajstić information content (AvgIpc) is 1.99. The number of carbonyl (C=O) groups is 1. The van der Waals surface area contributed by atoms with Crippen molar-refractivity contribution in [1.82, 2.24) is 0 Å². The Morgan fingerprint density at radius 1 is 1.40 bits per heavy atom. The van der Waals surface area contributed by atoms with E-state index in [1.54, 1.807) is 6.92 Å². The topological polar surface area (TPSA) is 20.3 Å². The maximum atomic E-state index is 11.0. The van der Waals surface area contributed by atoms with Crippen molar-refractivity contribution < 1.29 is 4.79 Å². The molecule has 0 saturated carbocycles. The standard InChI is InChI=1S/C12H16ClNO/c1-8-5-9(2)12(11(13)6-8)14(4)7-10(3)15/h5-6H,7H2,1-4H3. The number of aryl methyl sites for hydroxylation is 2. The highest BCUT2D eigenvalue weighted by Crippen LogP contribution is 2.29. The highest BCUT2D eigenvalue weighted by molar-refractivity contribution is 6.33. The Hall–Kier alpha value is -1.02. The zero-order valence-corrected chi connectivity index (χ0v) is 10.4. The zero-order valence-electron chi connectivity index (χ0n) is 9.60. The van der Waals surface area contributed by atoms with Gasteiger partial charge in [-0.3, -0.25) is 4.79 Å². The lowest BCUT2D eigenvalue weighted by atomic mass is 10.1. The molecule has 82 valence electrons. The van der Waals surface area contributed by atoms with E-state index in [0.29, 0.717) is 11.6 Å². The third-order valence-electron chi connectivity index (χ3n) is 2.24. The average molecular weight is 226 g/mol. The maximum Gasteiger partial charge on any atom is 0.149 e. The normalized spacial score (nSPS) is 10.2. The van der Waals surface area contributed by atoms with Crippen molar-refractivity contribution in [2.45, 2.75) is 20.8 Å². The third-order valence-corrected chi connectivity index (χ3v) is 2.53. The molecular formula is C12H16ClNO. The molecule has 0 saturated heterocycles. The molecule has 1 aromatic carbocycles. The lowest BCUT2D eigenvalue weighted by molar-refractivity contribution is -0.115. The monoisotopic (exact) mass is 225 g/mol. The van der Waals surface area contributed by atoms with Crippen LogP contribution in [0.25, 0.3) is 0 Å². The SMILES string of the molecule is CC(=O)CN(C)c1c(C)cc(C)cc1Cl. The van der Waals surface area contributed by atoms with Crippen molar-refractivity contribution in [2.24, 2.45) is 0 Å². The summed E-state index contributed by atoms with van der Waals surface area (Å²) in [6.07, 6.45) is 0. The number of hydrogen-bond donors (Lipinski definition) is 0. The fraction of sp³-hybridized carbons (Fsp3) is 0.417. The van der Waals surface area contributed by atoms with Gasteiger partial charge in [0, 0.05) is 7.05 Å². The number of Topliss-reactive ketones (excluding diaryl/α,β-unsaturated/α-hetero) is 1. The number of hydrogen-bond acceptors (Lipinski definition) is 2. The van der Waals surface area contributed by atoms with Crippen LogP contribution in [0.4, 0.5) is 5.69 Å². The first-order valence-corrected chi connectivity index (χ1v) is 5.27. The van der Waals surface area contributed by atoms with Crippen molar-refractivity contribution in [2.75, 3.05) is 18.5 Å². The van der Waals surface area contributed by atoms with Crippen LogP contribution in [0.2, 0.25) is 5.02 Å². The highest BCUT2D eigenvalue weighted by atomic mass is 35.5. The van der Waals surface area contributed by atoms with Crippen molar-refractivity contribution in [1.29, 1.82) is 0 Å². The van der Waals surface area contributed by atoms with Gasteiger partial charge in [-0.25, -0.2) is 0 Å². The molecule has 0 atom stereocenters. The van der Waals surface area contributed by atoms with Crippen LogP contribution in [0.5, 0.6) is 0 Å². The van der Waals surface area contributed by atoms with Gasteiger partial charge in [0.15, 0.2) is 0 Å². The molecule has 0 heterocycles. The largest absolute Gasteiger partial charge is 0.366 e. The van der Waals surface area contributed by atoms with E-state index in [4.69, 9.17) is 11.6 Å². The van der Waals surface area contributed by atoms with Crippen LogP contribution in [0, 0.1) is 13.8 Å². The van der Waals surface area contributed by atoms with Gasteiger partial charge in [-0.1, -0.05) is 17.7 Å². The molecule has 0 radical (unpaired) electrons. The van der Waals surface area contributed by atoms with Crippen molar-refractivity contribution in [3.63, 3.8) is 0 Å². The number of benzene rings is 1. The molecule has 0 aliphatic rings. The van der Waals surface area contributed by atoms with E-state index in [1.807, 2.05) is 31.9 Å². The Balaban J connectivity index is 3.08. The van der Waals surface area contributed by atoms with Gasteiger partial charge in [0.1, 0.15) is 5.78 Å². The Kier molecular flexibility index (Phi) is 3.75. The summed E-state index contributed by atoms with van der Waals surface area (Å²) >= 11 is 6.16. The first-order chi connectivity index (χ1) is 6.91. The van der Waals surface area contributed by atoms with Gasteiger partial charge in [0.2, 0.25) is 0 Å². The summed E-state index contributed by atoms with van der Waals surface area (Å²) in [6, 6.07) is 3.98. The summed E-state index contributed by atoms with van der Waals surface area (Å²) < 4.78 is 0. The maximum absolute atomic E-state index is 11.0. The van der Waals surface area contributed by atoms with E-state index in [-0.39, 0.29) is 5.78 Å². The smallest absolute Gasteiger partial charge is 0.149 e. The summed E-state index contributed by atoms with van der Waals surface area (Å²) in [7, 11) is 1.88. The number of anilines is 1. The first-order valence-electron chi connectivity index (χ1n) is 4.89. The van der Waals surface area contributed by atoms with E-state index in [2.05, 4.69) is 6.07 Å². The van der Waals surface area contributed by atoms with Gasteiger partial charge in [-0.2, -0.15) is 0 Å². The Morgan fingerprint density at radius 2 is 2.00 bits per heavy atom. The van der Waals surface area contributed by atoms with Gasteiger partial charge in [-0.05, 0) is 38.0 Å². The van der Waals surface area contributed by atoms with E-state index >= 15 is 0 Å². The zero-order chi connectivity index (χ0) is 11.6. The minimum atomic E-state index is 0.133. The molecule has 0 aliphatic heterocycles. The fourth-order valence-corrected chi connectivity index (χ4v) is 2.27. The molecule has 1 rings (SSSR count). The molecule has 0 bridgehead atoms. The molecule has 0 amide bonds. The Labute approximate surface area is 95.8 Å². The predicted octanol–water partition coefficient (Wildman–Crippen LogP) is 2.98. The summed E-state index contributed by atoms with van der Waals surface area (Å²) in [5.41, 5.74) is 3.18. The van der Waals surface area contributed by atoms with Crippen LogP contribution in [-0.4, -0.2) is 19.4 Å². The Morgan fingerprint density at radius 3 is 2.47 bits per heavy atom. The number of rotatable bonds is 3. The molecule has 2 nitrogen and oxygen atoms in total. The quantitative estimate of drug-likeness (QED) is 0.788. The third kappa shape index (κ3) is 2.96. The number of carbonyl (C=O) groups excluding carboxylic acids is 1. The van der Waals surface area contributed by atoms with Crippen molar-refractivity contribution in [3.05, 3.63) is 28.3 Å². The van der Waals surface area contributed by atoms with Crippen molar-refractivity contribution in [3.8, 4) is 0 Å². The molecule has 0 unspecified atom stereocenters. The molecule has 0 fully saturated rings. The predicted molar refractivity (Wildman–Crippen MR) is 64.9 cm³/mol. The lowest BCUT2D eigenvalue weighted by Crippen LogP contribution is -2.24. The second kappa shape index (κ2) is 4.67. The van der Waals surface area contributed by atoms with Crippen LogP contribution >= 0.6 is 11.6 Å². The van der Waals surface area contributed by atoms with Crippen LogP contribution in [-0.2, 0) is 4.79 Å². The molecule has 15 heavy (non-hydrogen) atoms. The molecule has 3 heteroatoms. The number of likely N-dealkylation sites (N-methyl/N-ethyl adjacent to an activating group) is 1. The molecule has 0 aliphatic carbocycles. The van der Waals surface area contributed by atoms with Gasteiger partial charge < -0.3 is 4.90 Å². The Bertz CT molecular complexity index is 364. The minimum Gasteiger partial charge on any atom is -0.366 e.